The summed E-state index contributed by atoms with van der Waals surface area (Å²) in [6.45, 7) is 2.67. The maximum absolute atomic E-state index is 9.72. The molecule has 18 heavy (non-hydrogen) atoms. The first-order valence-electron chi connectivity index (χ1n) is 5.26. The number of para-hydroxylation sites is 1. The van der Waals surface area contributed by atoms with Crippen LogP contribution < -0.4 is 10.4 Å². The van der Waals surface area contributed by atoms with Crippen molar-refractivity contribution in [2.24, 2.45) is 5.11 Å². The Balaban J connectivity index is 0.00000162. The summed E-state index contributed by atoms with van der Waals surface area (Å²) >= 11 is 4.98. The number of thiocarbonyl (C=S) groups is 1. The zero-order valence-electron chi connectivity index (χ0n) is 9.62. The first-order valence-corrected chi connectivity index (χ1v) is 5.67. The van der Waals surface area contributed by atoms with Crippen LogP contribution in [-0.2, 0) is 17.1 Å². The average Bonchev–Trinajstić information content (AvgIpc) is 2.62. The fourth-order valence-electron chi connectivity index (χ4n) is 1.53. The monoisotopic (exact) mass is 312 g/mol. The largest absolute Gasteiger partial charge is 2.00 e. The van der Waals surface area contributed by atoms with Gasteiger partial charge in [-0.15, -0.1) is 5.11 Å². The van der Waals surface area contributed by atoms with E-state index in [1.807, 2.05) is 31.2 Å². The van der Waals surface area contributed by atoms with Crippen LogP contribution in [0.4, 0.5) is 5.69 Å². The van der Waals surface area contributed by atoms with Crippen molar-refractivity contribution in [1.29, 1.82) is 0 Å². The third-order valence-corrected chi connectivity index (χ3v) is 2.50. The van der Waals surface area contributed by atoms with Crippen LogP contribution in [0.5, 0.6) is 5.88 Å². The minimum atomic E-state index is 0. The van der Waals surface area contributed by atoms with Gasteiger partial charge in [-0.1, -0.05) is 23.3 Å². The number of nitrogens with one attached hydrogen (secondary N) is 3. The molecule has 1 heterocycles. The number of rotatable bonds is 2. The van der Waals surface area contributed by atoms with Crippen LogP contribution in [0.3, 0.4) is 0 Å². The molecule has 1 radical (unpaired) electrons. The van der Waals surface area contributed by atoms with Crippen LogP contribution in [0.1, 0.15) is 6.92 Å². The standard InChI is InChI=1S/C11H12N4OS.Cu/c1-2-12-11(17)15-14-9-7-5-3-4-6-8(7)13-10(9)16;/h3-6,13,16H,2H2,1H3,(H,12,17);/q;+2/p+1. The van der Waals surface area contributed by atoms with Gasteiger partial charge in [0.15, 0.2) is 5.69 Å². The van der Waals surface area contributed by atoms with Crippen LogP contribution in [0, 0.1) is 0 Å². The van der Waals surface area contributed by atoms with E-state index in [0.717, 1.165) is 17.4 Å². The van der Waals surface area contributed by atoms with E-state index in [1.54, 1.807) is 0 Å². The van der Waals surface area contributed by atoms with Crippen LogP contribution in [0.2, 0.25) is 0 Å². The number of fused-ring (bicyclic) bond motifs is 1. The molecule has 0 saturated carbocycles. The van der Waals surface area contributed by atoms with E-state index in [1.165, 1.54) is 0 Å². The maximum Gasteiger partial charge on any atom is 2.00 e. The predicted octanol–water partition coefficient (Wildman–Crippen LogP) is 0.930. The Hall–Kier alpha value is -1.43. The summed E-state index contributed by atoms with van der Waals surface area (Å²) < 4.78 is 0. The quantitative estimate of drug-likeness (QED) is 0.379. The van der Waals surface area contributed by atoms with Crippen LogP contribution in [0.15, 0.2) is 29.4 Å². The normalized spacial score (nSPS) is 10.5. The molecule has 7 heteroatoms. The summed E-state index contributed by atoms with van der Waals surface area (Å²) in [4.78, 5) is 2.84. The second-order valence-corrected chi connectivity index (χ2v) is 3.86. The van der Waals surface area contributed by atoms with Gasteiger partial charge in [-0.3, -0.25) is 5.32 Å². The molecule has 0 spiro atoms. The van der Waals surface area contributed by atoms with Gasteiger partial charge >= 0.3 is 22.2 Å². The van der Waals surface area contributed by atoms with E-state index < -0.39 is 0 Å². The number of hydrogen-bond acceptors (Lipinski definition) is 3. The molecule has 4 N–H and O–H groups in total. The Morgan fingerprint density at radius 2 is 2.22 bits per heavy atom. The van der Waals surface area contributed by atoms with Gasteiger partial charge in [0.1, 0.15) is 0 Å². The summed E-state index contributed by atoms with van der Waals surface area (Å²) in [5, 5.41) is 20.7. The Kier molecular flexibility index (Phi) is 5.27. The van der Waals surface area contributed by atoms with Gasteiger partial charge in [0.25, 0.3) is 0 Å². The Bertz CT molecular complexity index is 581. The zero-order chi connectivity index (χ0) is 12.3. The fraction of sp³-hybridized carbons (Fsp3) is 0.182. The van der Waals surface area contributed by atoms with Crippen molar-refractivity contribution in [2.45, 2.75) is 6.92 Å². The number of aromatic amines is 1. The smallest absolute Gasteiger partial charge is 0.493 e. The summed E-state index contributed by atoms with van der Waals surface area (Å²) in [5.74, 6) is 0.0259. The van der Waals surface area contributed by atoms with Crippen molar-refractivity contribution in [2.75, 3.05) is 6.54 Å². The molecule has 0 aliphatic heterocycles. The Labute approximate surface area is 120 Å². The Morgan fingerprint density at radius 1 is 1.50 bits per heavy atom. The molecule has 2 rings (SSSR count). The van der Waals surface area contributed by atoms with Crippen molar-refractivity contribution < 1.29 is 27.3 Å². The second kappa shape index (κ2) is 6.49. The van der Waals surface area contributed by atoms with Gasteiger partial charge in [0, 0.05) is 17.6 Å². The summed E-state index contributed by atoms with van der Waals surface area (Å²) in [6.07, 6.45) is 0. The number of nitrogens with zero attached hydrogens (tertiary/aromatic N) is 1. The third-order valence-electron chi connectivity index (χ3n) is 2.27. The summed E-state index contributed by atoms with van der Waals surface area (Å²) in [6, 6.07) is 7.52. The van der Waals surface area contributed by atoms with Crippen molar-refractivity contribution in [3.05, 3.63) is 24.3 Å². The summed E-state index contributed by atoms with van der Waals surface area (Å²) in [7, 11) is 0. The molecule has 0 atom stereocenters. The Morgan fingerprint density at radius 3 is 2.94 bits per heavy atom. The van der Waals surface area contributed by atoms with Gasteiger partial charge in [0.05, 0.1) is 12.1 Å². The van der Waals surface area contributed by atoms with Crippen molar-refractivity contribution in [1.82, 2.24) is 10.3 Å². The van der Waals surface area contributed by atoms with E-state index in [0.29, 0.717) is 10.8 Å². The molecule has 0 fully saturated rings. The van der Waals surface area contributed by atoms with Crippen molar-refractivity contribution >= 4 is 33.9 Å². The molecule has 0 amide bonds. The number of benzene rings is 1. The maximum atomic E-state index is 9.72. The number of aromatic nitrogens is 1. The SMILES string of the molecule is CCNC(=S)[NH+]=Nc1c(O)[nH]c2ccccc12.[Cu+2]. The summed E-state index contributed by atoms with van der Waals surface area (Å²) in [5.41, 5.74) is 1.29. The molecular formula is C11H13CuN4OS+3. The van der Waals surface area contributed by atoms with E-state index in [2.05, 4.69) is 20.5 Å². The molecule has 0 aliphatic rings. The topological polar surface area (TPSA) is 74.4 Å². The van der Waals surface area contributed by atoms with Gasteiger partial charge in [-0.25, -0.2) is 0 Å². The molecule has 1 aromatic heterocycles. The molecule has 0 saturated heterocycles. The van der Waals surface area contributed by atoms with Crippen LogP contribution >= 0.6 is 12.2 Å². The first kappa shape index (κ1) is 14.6. The minimum Gasteiger partial charge on any atom is -0.493 e. The van der Waals surface area contributed by atoms with Gasteiger partial charge in [-0.05, 0) is 13.0 Å². The molecule has 97 valence electrons. The zero-order valence-corrected chi connectivity index (χ0v) is 11.4. The molecule has 1 aromatic carbocycles. The fourth-order valence-corrected chi connectivity index (χ4v) is 1.72. The molecular weight excluding hydrogens is 300 g/mol. The molecule has 0 unspecified atom stereocenters. The van der Waals surface area contributed by atoms with Gasteiger partial charge in [0.2, 0.25) is 5.88 Å². The van der Waals surface area contributed by atoms with Crippen molar-refractivity contribution in [3.63, 3.8) is 0 Å². The van der Waals surface area contributed by atoms with Gasteiger partial charge in [-0.2, -0.15) is 0 Å². The predicted molar refractivity (Wildman–Crippen MR) is 69.3 cm³/mol. The number of hydrogen-bond donors (Lipinski definition) is 4. The first-order chi connectivity index (χ1) is 8.22. The second-order valence-electron chi connectivity index (χ2n) is 3.45. The van der Waals surface area contributed by atoms with E-state index in [4.69, 9.17) is 12.2 Å². The van der Waals surface area contributed by atoms with Gasteiger partial charge < -0.3 is 10.1 Å². The molecule has 5 nitrogen and oxygen atoms in total. The van der Waals surface area contributed by atoms with E-state index >= 15 is 0 Å². The van der Waals surface area contributed by atoms with E-state index in [-0.39, 0.29) is 22.9 Å². The minimum absolute atomic E-state index is 0. The number of H-pyrrole nitrogens is 1. The van der Waals surface area contributed by atoms with E-state index in [9.17, 15) is 5.11 Å². The van der Waals surface area contributed by atoms with Crippen LogP contribution in [0.25, 0.3) is 10.9 Å². The van der Waals surface area contributed by atoms with Crippen molar-refractivity contribution in [3.8, 4) is 5.88 Å². The molecule has 0 bridgehead atoms. The molecule has 2 aromatic rings. The van der Waals surface area contributed by atoms with Crippen LogP contribution in [-0.4, -0.2) is 21.7 Å². The molecule has 0 aliphatic carbocycles. The number of azo groups is 1. The third kappa shape index (κ3) is 3.07. The number of aromatic hydroxyl groups is 1. The average molecular weight is 313 g/mol.